The van der Waals surface area contributed by atoms with Crippen LogP contribution in [0.1, 0.15) is 103 Å². The zero-order chi connectivity index (χ0) is 28.0. The van der Waals surface area contributed by atoms with Gasteiger partial charge in [-0.1, -0.05) is 89.3 Å². The quantitative estimate of drug-likeness (QED) is 0.290. The summed E-state index contributed by atoms with van der Waals surface area (Å²) >= 11 is 0. The maximum Gasteiger partial charge on any atom is 0.387 e. The van der Waals surface area contributed by atoms with E-state index in [0.29, 0.717) is 17.9 Å². The van der Waals surface area contributed by atoms with Crippen molar-refractivity contribution in [1.29, 1.82) is 0 Å². The fourth-order valence-corrected chi connectivity index (χ4v) is 8.98. The van der Waals surface area contributed by atoms with Crippen molar-refractivity contribution in [3.05, 3.63) is 45.5 Å². The number of aryl methyl sites for hydroxylation is 4. The minimum atomic E-state index is -1.60. The molecule has 2 aromatic carbocycles. The average molecular weight is 545 g/mol. The van der Waals surface area contributed by atoms with Gasteiger partial charge < -0.3 is 8.39 Å². The fraction of sp³-hybridized carbons (Fsp3) is 0.625. The Labute approximate surface area is 228 Å². The average Bonchev–Trinajstić information content (AvgIpc) is 2.91. The molecule has 0 saturated heterocycles. The maximum absolute atomic E-state index is 6.83. The summed E-state index contributed by atoms with van der Waals surface area (Å²) in [4.78, 5) is 0. The molecule has 1 heterocycles. The first-order chi connectivity index (χ1) is 16.9. The predicted molar refractivity (Wildman–Crippen MR) is 166 cm³/mol. The van der Waals surface area contributed by atoms with Gasteiger partial charge >= 0.3 is 8.24 Å². The second-order valence-electron chi connectivity index (χ2n) is 13.3. The van der Waals surface area contributed by atoms with Gasteiger partial charge in [0, 0.05) is 21.9 Å². The molecular formula is C32H50O3P2. The fourth-order valence-electron chi connectivity index (χ4n) is 5.24. The lowest BCUT2D eigenvalue weighted by molar-refractivity contribution is 0.394. The smallest absolute Gasteiger partial charge is 0.387 e. The molecular weight excluding hydrogens is 494 g/mol. The highest BCUT2D eigenvalue weighted by atomic mass is 31.1. The lowest BCUT2D eigenvalue weighted by Crippen LogP contribution is -2.13. The summed E-state index contributed by atoms with van der Waals surface area (Å²) in [6.07, 6.45) is 1.06. The maximum atomic E-state index is 6.83. The Hall–Kier alpha value is -1.27. The predicted octanol–water partition coefficient (Wildman–Crippen LogP) is 10.8. The first-order valence-electron chi connectivity index (χ1n) is 13.8. The summed E-state index contributed by atoms with van der Waals surface area (Å²) in [6, 6.07) is 4.61. The van der Waals surface area contributed by atoms with Crippen LogP contribution in [0, 0.1) is 27.7 Å². The third-order valence-corrected chi connectivity index (χ3v) is 12.1. The van der Waals surface area contributed by atoms with Crippen LogP contribution in [0.4, 0.5) is 0 Å². The van der Waals surface area contributed by atoms with Crippen LogP contribution < -0.4 is 4.52 Å². The number of fused-ring (bicyclic) bond motifs is 3. The Bertz CT molecular complexity index is 1220. The molecule has 5 heteroatoms. The molecule has 206 valence electrons. The van der Waals surface area contributed by atoms with Crippen LogP contribution in [0.15, 0.2) is 20.5 Å². The van der Waals surface area contributed by atoms with Crippen molar-refractivity contribution < 1.29 is 12.9 Å². The topological polar surface area (TPSA) is 35.5 Å². The van der Waals surface area contributed by atoms with Crippen LogP contribution >= 0.6 is 16.2 Å². The van der Waals surface area contributed by atoms with E-state index in [0.717, 1.165) is 17.3 Å². The van der Waals surface area contributed by atoms with Crippen molar-refractivity contribution >= 4 is 38.1 Å². The molecule has 3 rings (SSSR count). The van der Waals surface area contributed by atoms with Crippen LogP contribution in [0.25, 0.3) is 21.9 Å². The van der Waals surface area contributed by atoms with Gasteiger partial charge in [0.1, 0.15) is 11.2 Å². The van der Waals surface area contributed by atoms with E-state index in [9.17, 15) is 0 Å². The van der Waals surface area contributed by atoms with Crippen LogP contribution in [0.3, 0.4) is 0 Å². The molecule has 0 spiro atoms. The van der Waals surface area contributed by atoms with Crippen LogP contribution in [0.5, 0.6) is 0 Å². The molecule has 0 saturated carbocycles. The van der Waals surface area contributed by atoms with Gasteiger partial charge in [0.2, 0.25) is 0 Å². The minimum Gasteiger partial charge on any atom is -0.399 e. The van der Waals surface area contributed by atoms with Gasteiger partial charge in [0.25, 0.3) is 0 Å². The van der Waals surface area contributed by atoms with Crippen molar-refractivity contribution in [2.75, 3.05) is 12.8 Å². The van der Waals surface area contributed by atoms with E-state index >= 15 is 0 Å². The molecule has 0 atom stereocenters. The summed E-state index contributed by atoms with van der Waals surface area (Å²) in [5.74, 6) is 0. The Morgan fingerprint density at radius 1 is 0.730 bits per heavy atom. The van der Waals surface area contributed by atoms with Gasteiger partial charge in [-0.25, -0.2) is 0 Å². The molecule has 0 fully saturated rings. The second kappa shape index (κ2) is 11.1. The summed E-state index contributed by atoms with van der Waals surface area (Å²) < 4.78 is 20.2. The Morgan fingerprint density at radius 3 is 1.43 bits per heavy atom. The van der Waals surface area contributed by atoms with Crippen LogP contribution in [0.2, 0.25) is 0 Å². The number of rotatable bonds is 6. The third kappa shape index (κ3) is 6.32. The van der Waals surface area contributed by atoms with Crippen molar-refractivity contribution in [3.8, 4) is 0 Å². The van der Waals surface area contributed by atoms with Gasteiger partial charge in [0.15, 0.2) is 0 Å². The summed E-state index contributed by atoms with van der Waals surface area (Å²) in [7, 11) is -1.71. The van der Waals surface area contributed by atoms with Crippen molar-refractivity contribution in [3.63, 3.8) is 0 Å². The summed E-state index contributed by atoms with van der Waals surface area (Å²) in [5.41, 5.74) is 10.6. The molecule has 3 aromatic rings. The molecule has 0 radical (unpaired) electrons. The lowest BCUT2D eigenvalue weighted by atomic mass is 9.81. The third-order valence-electron chi connectivity index (χ3n) is 7.67. The molecule has 0 aliphatic carbocycles. The highest BCUT2D eigenvalue weighted by molar-refractivity contribution is 7.59. The minimum absolute atomic E-state index is 0.0811. The molecule has 1 aromatic heterocycles. The second-order valence-corrected chi connectivity index (χ2v) is 17.9. The molecule has 0 amide bonds. The zero-order valence-corrected chi connectivity index (χ0v) is 27.6. The van der Waals surface area contributed by atoms with E-state index in [1.54, 1.807) is 0 Å². The highest BCUT2D eigenvalue weighted by Gasteiger charge is 2.27. The van der Waals surface area contributed by atoms with E-state index in [4.69, 9.17) is 12.9 Å². The number of hydrogen-bond acceptors (Lipinski definition) is 3. The van der Waals surface area contributed by atoms with Crippen molar-refractivity contribution in [1.82, 2.24) is 0 Å². The normalized spacial score (nSPS) is 13.1. The summed E-state index contributed by atoms with van der Waals surface area (Å²) in [6.45, 7) is 32.5. The SMILES string of the molecule is Cc1cc(C(C)(C)C)c2op(OCCP(C(C)C)C(C)C)oc3c(C(C)(C)C)cc(C)c(C)c3c2c1C. The largest absolute Gasteiger partial charge is 0.399 e. The van der Waals surface area contributed by atoms with E-state index in [1.807, 2.05) is 0 Å². The van der Waals surface area contributed by atoms with Gasteiger partial charge in [-0.2, -0.15) is 0 Å². The highest BCUT2D eigenvalue weighted by Crippen LogP contribution is 2.47. The first-order valence-corrected chi connectivity index (χ1v) is 16.6. The van der Waals surface area contributed by atoms with E-state index in [-0.39, 0.29) is 18.8 Å². The molecule has 0 aliphatic heterocycles. The lowest BCUT2D eigenvalue weighted by Gasteiger charge is -2.25. The van der Waals surface area contributed by atoms with Crippen LogP contribution in [-0.4, -0.2) is 24.1 Å². The summed E-state index contributed by atoms with van der Waals surface area (Å²) in [5, 5.41) is 2.35. The number of benzene rings is 2. The van der Waals surface area contributed by atoms with Crippen molar-refractivity contribution in [2.24, 2.45) is 0 Å². The van der Waals surface area contributed by atoms with Crippen molar-refractivity contribution in [2.45, 2.75) is 119 Å². The molecule has 0 bridgehead atoms. The van der Waals surface area contributed by atoms with Crippen LogP contribution in [-0.2, 0) is 10.8 Å². The van der Waals surface area contributed by atoms with Gasteiger partial charge in [-0.15, -0.1) is 0 Å². The van der Waals surface area contributed by atoms with E-state index in [2.05, 4.69) is 109 Å². The van der Waals surface area contributed by atoms with E-state index in [1.165, 1.54) is 44.2 Å². The molecule has 0 N–H and O–H groups in total. The van der Waals surface area contributed by atoms with Gasteiger partial charge in [-0.3, -0.25) is 4.52 Å². The van der Waals surface area contributed by atoms with E-state index < -0.39 is 8.24 Å². The molecule has 37 heavy (non-hydrogen) atoms. The molecule has 0 unspecified atom stereocenters. The Morgan fingerprint density at radius 2 is 1.11 bits per heavy atom. The molecule has 3 nitrogen and oxygen atoms in total. The van der Waals surface area contributed by atoms with Gasteiger partial charge in [0.05, 0.1) is 6.61 Å². The van der Waals surface area contributed by atoms with Gasteiger partial charge in [-0.05, 0) is 78.3 Å². The first kappa shape index (κ1) is 30.3. The Balaban J connectivity index is 2.46. The Kier molecular flexibility index (Phi) is 9.06. The zero-order valence-electron chi connectivity index (χ0n) is 25.8. The monoisotopic (exact) mass is 544 g/mol. The number of hydrogen-bond donors (Lipinski definition) is 0. The standard InChI is InChI=1S/C32H50O3P2/c1-19(2)36(20(3)4)16-15-33-37-34-29-25(31(9,10)11)17-21(5)23(7)27(29)28-24(8)22(6)18-26(30(28)35-37)32(12,13)14/h17-20H,15-16H2,1-14H3. The molecule has 0 aliphatic rings.